The normalized spacial score (nSPS) is 23.8. The van der Waals surface area contributed by atoms with E-state index in [1.807, 2.05) is 0 Å². The third-order valence-electron chi connectivity index (χ3n) is 3.89. The number of thiocarbonyl (C=S) groups is 1. The number of nitrogens with one attached hydrogen (secondary N) is 1. The molecule has 1 atom stereocenters. The van der Waals surface area contributed by atoms with Crippen molar-refractivity contribution in [3.63, 3.8) is 0 Å². The molecule has 18 heavy (non-hydrogen) atoms. The van der Waals surface area contributed by atoms with E-state index in [0.717, 1.165) is 38.5 Å². The lowest BCUT2D eigenvalue weighted by Gasteiger charge is -2.23. The van der Waals surface area contributed by atoms with Crippen molar-refractivity contribution in [2.45, 2.75) is 51.0 Å². The van der Waals surface area contributed by atoms with Gasteiger partial charge in [-0.1, -0.05) is 31.5 Å². The number of rotatable bonds is 6. The zero-order valence-electron chi connectivity index (χ0n) is 10.6. The number of hydrogen-bond donors (Lipinski definition) is 2. The van der Waals surface area contributed by atoms with Gasteiger partial charge < -0.3 is 5.73 Å². The summed E-state index contributed by atoms with van der Waals surface area (Å²) in [4.78, 5) is 0.282. The van der Waals surface area contributed by atoms with E-state index >= 15 is 0 Å². The number of sulfonamides is 1. The third-order valence-corrected chi connectivity index (χ3v) is 5.66. The summed E-state index contributed by atoms with van der Waals surface area (Å²) >= 11 is 4.96. The van der Waals surface area contributed by atoms with E-state index in [-0.39, 0.29) is 16.8 Å². The van der Waals surface area contributed by atoms with Gasteiger partial charge in [0.1, 0.15) is 0 Å². The van der Waals surface area contributed by atoms with Crippen LogP contribution in [0.4, 0.5) is 0 Å². The molecule has 0 aromatic rings. The summed E-state index contributed by atoms with van der Waals surface area (Å²) < 4.78 is 26.9. The minimum absolute atomic E-state index is 0.235. The maximum atomic E-state index is 12.1. The van der Waals surface area contributed by atoms with Gasteiger partial charge in [-0.3, -0.25) is 0 Å². The van der Waals surface area contributed by atoms with Crippen molar-refractivity contribution in [2.24, 2.45) is 17.6 Å². The molecular weight excluding hydrogens is 268 g/mol. The third kappa shape index (κ3) is 4.17. The smallest absolute Gasteiger partial charge is 0.212 e. The van der Waals surface area contributed by atoms with Gasteiger partial charge in [-0.25, -0.2) is 13.1 Å². The largest absolute Gasteiger partial charge is 0.392 e. The molecule has 0 aromatic carbocycles. The molecule has 0 spiro atoms. The Bertz CT molecular complexity index is 398. The average molecular weight is 290 g/mol. The highest BCUT2D eigenvalue weighted by atomic mass is 32.2. The highest BCUT2D eigenvalue weighted by Crippen LogP contribution is 2.33. The Morgan fingerprint density at radius 3 is 2.33 bits per heavy atom. The molecule has 6 heteroatoms. The molecule has 2 aliphatic rings. The predicted octanol–water partition coefficient (Wildman–Crippen LogP) is 1.55. The van der Waals surface area contributed by atoms with Crippen LogP contribution in [0.1, 0.15) is 44.9 Å². The minimum Gasteiger partial charge on any atom is -0.392 e. The van der Waals surface area contributed by atoms with Gasteiger partial charge in [-0.2, -0.15) is 0 Å². The topological polar surface area (TPSA) is 72.2 Å². The Morgan fingerprint density at radius 1 is 1.22 bits per heavy atom. The molecule has 0 bridgehead atoms. The van der Waals surface area contributed by atoms with E-state index in [1.54, 1.807) is 0 Å². The summed E-state index contributed by atoms with van der Waals surface area (Å²) in [7, 11) is -3.25. The summed E-state index contributed by atoms with van der Waals surface area (Å²) in [6, 6.07) is -0.325. The van der Waals surface area contributed by atoms with Crippen LogP contribution in [0.25, 0.3) is 0 Å². The second-order valence-corrected chi connectivity index (χ2v) is 7.89. The molecule has 0 radical (unpaired) electrons. The molecule has 2 fully saturated rings. The zero-order valence-corrected chi connectivity index (χ0v) is 12.2. The van der Waals surface area contributed by atoms with Crippen LogP contribution >= 0.6 is 12.2 Å². The van der Waals surface area contributed by atoms with Gasteiger partial charge in [0, 0.05) is 0 Å². The SMILES string of the molecule is NC(=S)C(NS(=O)(=O)CC1CCCCC1)C1CC1. The zero-order chi connectivity index (χ0) is 13.2. The van der Waals surface area contributed by atoms with E-state index in [9.17, 15) is 8.42 Å². The van der Waals surface area contributed by atoms with Crippen molar-refractivity contribution in [1.82, 2.24) is 4.72 Å². The van der Waals surface area contributed by atoms with Gasteiger partial charge in [0.05, 0.1) is 16.8 Å². The lowest BCUT2D eigenvalue weighted by molar-refractivity contribution is 0.383. The molecular formula is C12H22N2O2S2. The van der Waals surface area contributed by atoms with Crippen LogP contribution in [-0.4, -0.2) is 25.2 Å². The standard InChI is InChI=1S/C12H22N2O2S2/c13-12(17)11(10-6-7-10)14-18(15,16)8-9-4-2-1-3-5-9/h9-11,14H,1-8H2,(H2,13,17). The van der Waals surface area contributed by atoms with E-state index in [4.69, 9.17) is 18.0 Å². The van der Waals surface area contributed by atoms with E-state index in [1.165, 1.54) is 6.42 Å². The van der Waals surface area contributed by atoms with Crippen molar-refractivity contribution in [3.8, 4) is 0 Å². The molecule has 4 nitrogen and oxygen atoms in total. The van der Waals surface area contributed by atoms with Gasteiger partial charge in [-0.05, 0) is 37.5 Å². The fraction of sp³-hybridized carbons (Fsp3) is 0.917. The summed E-state index contributed by atoms with van der Waals surface area (Å²) in [5.41, 5.74) is 5.62. The first-order chi connectivity index (χ1) is 8.48. The number of hydrogen-bond acceptors (Lipinski definition) is 3. The molecule has 2 saturated carbocycles. The average Bonchev–Trinajstić information content (AvgIpc) is 3.10. The van der Waals surface area contributed by atoms with Crippen LogP contribution in [0.15, 0.2) is 0 Å². The Morgan fingerprint density at radius 2 is 1.83 bits per heavy atom. The fourth-order valence-corrected chi connectivity index (χ4v) is 4.80. The summed E-state index contributed by atoms with van der Waals surface area (Å²) in [6.45, 7) is 0. The maximum Gasteiger partial charge on any atom is 0.212 e. The molecule has 2 rings (SSSR count). The van der Waals surface area contributed by atoms with Gasteiger partial charge in [0.25, 0.3) is 0 Å². The lowest BCUT2D eigenvalue weighted by Crippen LogP contribution is -2.46. The van der Waals surface area contributed by atoms with Gasteiger partial charge in [-0.15, -0.1) is 0 Å². The predicted molar refractivity (Wildman–Crippen MR) is 76.8 cm³/mol. The molecule has 0 aromatic heterocycles. The van der Waals surface area contributed by atoms with Gasteiger partial charge in [0.2, 0.25) is 10.0 Å². The minimum atomic E-state index is -3.25. The monoisotopic (exact) mass is 290 g/mol. The summed E-state index contributed by atoms with van der Waals surface area (Å²) in [5.74, 6) is 0.866. The Labute approximate surface area is 115 Å². The van der Waals surface area contributed by atoms with E-state index in [2.05, 4.69) is 4.72 Å². The molecule has 0 saturated heterocycles. The second kappa shape index (κ2) is 5.84. The highest BCUT2D eigenvalue weighted by molar-refractivity contribution is 7.89. The van der Waals surface area contributed by atoms with Crippen molar-refractivity contribution >= 4 is 27.2 Å². The maximum absolute atomic E-state index is 12.1. The first-order valence-corrected chi connectivity index (χ1v) is 8.83. The molecule has 0 heterocycles. The van der Waals surface area contributed by atoms with Gasteiger partial charge >= 0.3 is 0 Å². The van der Waals surface area contributed by atoms with E-state index in [0.29, 0.717) is 11.8 Å². The quantitative estimate of drug-likeness (QED) is 0.728. The number of nitrogens with two attached hydrogens (primary N) is 1. The fourth-order valence-electron chi connectivity index (χ4n) is 2.72. The first kappa shape index (κ1) is 14.2. The van der Waals surface area contributed by atoms with Crippen molar-refractivity contribution in [3.05, 3.63) is 0 Å². The second-order valence-electron chi connectivity index (χ2n) is 5.62. The van der Waals surface area contributed by atoms with Crippen molar-refractivity contribution in [1.29, 1.82) is 0 Å². The highest BCUT2D eigenvalue weighted by Gasteiger charge is 2.36. The molecule has 1 unspecified atom stereocenters. The van der Waals surface area contributed by atoms with Crippen LogP contribution < -0.4 is 10.5 Å². The van der Waals surface area contributed by atoms with Crippen LogP contribution in [0, 0.1) is 11.8 Å². The molecule has 2 aliphatic carbocycles. The van der Waals surface area contributed by atoms with Crippen LogP contribution in [0.5, 0.6) is 0 Å². The first-order valence-electron chi connectivity index (χ1n) is 6.77. The lowest BCUT2D eigenvalue weighted by atomic mass is 9.91. The van der Waals surface area contributed by atoms with Gasteiger partial charge in [0.15, 0.2) is 0 Å². The van der Waals surface area contributed by atoms with Crippen LogP contribution in [0.2, 0.25) is 0 Å². The van der Waals surface area contributed by atoms with Crippen LogP contribution in [0.3, 0.4) is 0 Å². The van der Waals surface area contributed by atoms with E-state index < -0.39 is 10.0 Å². The summed E-state index contributed by atoms with van der Waals surface area (Å²) in [6.07, 6.45) is 7.65. The van der Waals surface area contributed by atoms with Crippen molar-refractivity contribution < 1.29 is 8.42 Å². The molecule has 0 aliphatic heterocycles. The summed E-state index contributed by atoms with van der Waals surface area (Å²) in [5, 5.41) is 0. The molecule has 104 valence electrons. The molecule has 0 amide bonds. The Kier molecular flexibility index (Phi) is 4.61. The Hall–Kier alpha value is -0.200. The Balaban J connectivity index is 1.90. The van der Waals surface area contributed by atoms with Crippen molar-refractivity contribution in [2.75, 3.05) is 5.75 Å². The van der Waals surface area contributed by atoms with Crippen LogP contribution in [-0.2, 0) is 10.0 Å². The molecule has 3 N–H and O–H groups in total.